The molecule has 0 aliphatic carbocycles. The molecule has 17 heteroatoms. The third-order valence-electron chi connectivity index (χ3n) is 14.4. The molecule has 0 spiro atoms. The van der Waals surface area contributed by atoms with E-state index in [4.69, 9.17) is 15.9 Å². The van der Waals surface area contributed by atoms with Crippen LogP contribution in [-0.2, 0) is 27.2 Å². The molecule has 0 radical (unpaired) electrons. The van der Waals surface area contributed by atoms with Crippen LogP contribution in [0.1, 0.15) is 80.5 Å². The molecule has 5 amide bonds. The number of piperidine rings is 1. The van der Waals surface area contributed by atoms with Crippen LogP contribution in [0.2, 0.25) is 0 Å². The Bertz CT molecular complexity index is 2560. The number of hydrogen-bond donors (Lipinski definition) is 4. The Labute approximate surface area is 415 Å². The number of benzene rings is 3. The summed E-state index contributed by atoms with van der Waals surface area (Å²) in [4.78, 5) is 80.8. The van der Waals surface area contributed by atoms with Crippen molar-refractivity contribution in [3.63, 3.8) is 0 Å². The number of carbonyl (C=O) groups is 5. The maximum atomic E-state index is 15.0. The number of anilines is 1. The maximum absolute atomic E-state index is 15.0. The van der Waals surface area contributed by atoms with Crippen molar-refractivity contribution in [2.24, 2.45) is 17.6 Å². The first-order chi connectivity index (χ1) is 34.4. The predicted octanol–water partition coefficient (Wildman–Crippen LogP) is 4.57. The van der Waals surface area contributed by atoms with Gasteiger partial charge in [-0.2, -0.15) is 0 Å². The molecular weight excluding hydrogens is 904 g/mol. The van der Waals surface area contributed by atoms with Crippen LogP contribution in [0.25, 0.3) is 11.1 Å². The molecule has 376 valence electrons. The summed E-state index contributed by atoms with van der Waals surface area (Å²) < 4.78 is 20.5. The smallest absolute Gasteiger partial charge is 0.274 e. The normalized spacial score (nSPS) is 17.5. The van der Waals surface area contributed by atoms with Crippen LogP contribution in [0.5, 0.6) is 0 Å². The van der Waals surface area contributed by atoms with E-state index in [0.717, 1.165) is 95.7 Å². The van der Waals surface area contributed by atoms with Crippen molar-refractivity contribution in [3.8, 4) is 11.1 Å². The van der Waals surface area contributed by atoms with E-state index in [9.17, 15) is 24.0 Å². The van der Waals surface area contributed by atoms with E-state index < -0.39 is 17.6 Å². The quantitative estimate of drug-likeness (QED) is 0.109. The molecule has 0 bridgehead atoms. The van der Waals surface area contributed by atoms with Gasteiger partial charge in [-0.3, -0.25) is 33.8 Å². The first-order valence-corrected chi connectivity index (χ1v) is 25.2. The number of carbonyl (C=O) groups excluding carboxylic acids is 5. The number of primary amides is 1. The fourth-order valence-electron chi connectivity index (χ4n) is 10.1. The number of aromatic nitrogens is 1. The van der Waals surface area contributed by atoms with Crippen molar-refractivity contribution in [3.05, 3.63) is 118 Å². The number of halogens is 1. The Balaban J connectivity index is 0.772. The summed E-state index contributed by atoms with van der Waals surface area (Å²) in [7, 11) is 0. The van der Waals surface area contributed by atoms with Gasteiger partial charge in [0.1, 0.15) is 5.82 Å². The fraction of sp³-hybridized carbons (Fsp3) is 0.463. The SMILES string of the molecule is CCc1cccc(-c2cnc(C(=O)N3CCN(CC4CCN(CC(=O)N5CCN(C(=O)c6cc(CC(=N)c7ccccc7C(N)=O)ccc6F)CC5)CC4)CC3)c(NC(=O)CNCC3CCOCC3)c2)c1. The molecule has 5 N–H and O–H groups in total. The van der Waals surface area contributed by atoms with E-state index in [2.05, 4.69) is 44.5 Å². The van der Waals surface area contributed by atoms with Gasteiger partial charge in [0.15, 0.2) is 5.69 Å². The lowest BCUT2D eigenvalue weighted by Gasteiger charge is -2.39. The highest BCUT2D eigenvalue weighted by molar-refractivity contribution is 6.09. The van der Waals surface area contributed by atoms with Crippen LogP contribution in [0.4, 0.5) is 10.1 Å². The van der Waals surface area contributed by atoms with Gasteiger partial charge < -0.3 is 41.2 Å². The minimum Gasteiger partial charge on any atom is -0.381 e. The fourth-order valence-corrected chi connectivity index (χ4v) is 10.1. The molecule has 16 nitrogen and oxygen atoms in total. The van der Waals surface area contributed by atoms with Crippen LogP contribution >= 0.6 is 0 Å². The number of nitrogens with two attached hydrogens (primary N) is 1. The van der Waals surface area contributed by atoms with Crippen molar-refractivity contribution in [1.29, 1.82) is 5.41 Å². The average molecular weight is 971 g/mol. The van der Waals surface area contributed by atoms with Gasteiger partial charge in [0.25, 0.3) is 11.8 Å². The Kier molecular flexibility index (Phi) is 17.3. The van der Waals surface area contributed by atoms with E-state index in [1.54, 1.807) is 40.3 Å². The van der Waals surface area contributed by atoms with Crippen molar-refractivity contribution in [2.75, 3.05) is 110 Å². The second kappa shape index (κ2) is 24.1. The molecule has 4 saturated heterocycles. The van der Waals surface area contributed by atoms with Crippen molar-refractivity contribution < 1.29 is 33.1 Å². The Morgan fingerprint density at radius 1 is 0.718 bits per heavy atom. The maximum Gasteiger partial charge on any atom is 0.274 e. The van der Waals surface area contributed by atoms with Gasteiger partial charge in [-0.15, -0.1) is 0 Å². The number of nitrogens with one attached hydrogen (secondary N) is 3. The summed E-state index contributed by atoms with van der Waals surface area (Å²) in [5.74, 6) is -1.24. The zero-order valence-corrected chi connectivity index (χ0v) is 40.8. The van der Waals surface area contributed by atoms with Crippen molar-refractivity contribution in [1.82, 2.24) is 34.8 Å². The number of piperazine rings is 2. The molecule has 71 heavy (non-hydrogen) atoms. The van der Waals surface area contributed by atoms with E-state index >= 15 is 4.39 Å². The summed E-state index contributed by atoms with van der Waals surface area (Å²) in [5, 5.41) is 14.9. The van der Waals surface area contributed by atoms with Gasteiger partial charge in [-0.05, 0) is 105 Å². The summed E-state index contributed by atoms with van der Waals surface area (Å²) in [6.45, 7) is 11.1. The van der Waals surface area contributed by atoms with Gasteiger partial charge in [-0.25, -0.2) is 9.37 Å². The van der Waals surface area contributed by atoms with Crippen molar-refractivity contribution >= 4 is 40.9 Å². The summed E-state index contributed by atoms with van der Waals surface area (Å²) in [5.41, 5.74) is 10.3. The number of hydrogen-bond acceptors (Lipinski definition) is 11. The van der Waals surface area contributed by atoms with E-state index in [-0.39, 0.29) is 66.3 Å². The topological polar surface area (TPSA) is 198 Å². The standard InChI is InChI=1S/C54H67FN10O6/c1-2-37-6-5-7-41(28-37)42-31-48(60-49(66)34-58-32-38-14-26-71-27-15-38)51(59-33-42)54(70)65-20-18-62(19-21-65)35-39-12-16-61(17-13-39)36-50(67)63-22-24-64(25-23-63)53(69)45-29-40(10-11-46(45)55)30-47(56)43-8-3-4-9-44(43)52(57)68/h3-11,28-29,31,33,38-39,56,58H,2,12-27,30,32,34-36H2,1H3,(H2,57,68)(H,60,66). The molecule has 4 fully saturated rings. The molecule has 0 unspecified atom stereocenters. The van der Waals surface area contributed by atoms with Crippen LogP contribution < -0.4 is 16.4 Å². The van der Waals surface area contributed by atoms with Crippen molar-refractivity contribution in [2.45, 2.75) is 45.4 Å². The molecule has 4 aliphatic rings. The zero-order valence-electron chi connectivity index (χ0n) is 40.8. The van der Waals surface area contributed by atoms with Crippen LogP contribution in [0.15, 0.2) is 79.0 Å². The van der Waals surface area contributed by atoms with Gasteiger partial charge in [-0.1, -0.05) is 55.5 Å². The first kappa shape index (κ1) is 51.0. The number of pyridine rings is 1. The highest BCUT2D eigenvalue weighted by Gasteiger charge is 2.31. The molecular formula is C54H67FN10O6. The number of ether oxygens (including phenoxy) is 1. The van der Waals surface area contributed by atoms with E-state index in [1.165, 1.54) is 23.8 Å². The van der Waals surface area contributed by atoms with E-state index in [1.807, 2.05) is 23.1 Å². The van der Waals surface area contributed by atoms with Gasteiger partial charge in [0.2, 0.25) is 17.7 Å². The lowest BCUT2D eigenvalue weighted by atomic mass is 9.96. The van der Waals surface area contributed by atoms with E-state index in [0.29, 0.717) is 61.4 Å². The molecule has 0 saturated carbocycles. The summed E-state index contributed by atoms with van der Waals surface area (Å²) in [6.07, 6.45) is 6.55. The second-order valence-corrected chi connectivity index (χ2v) is 19.3. The number of likely N-dealkylation sites (tertiary alicyclic amines) is 1. The van der Waals surface area contributed by atoms with Gasteiger partial charge >= 0.3 is 0 Å². The second-order valence-electron chi connectivity index (χ2n) is 19.3. The molecule has 5 heterocycles. The molecule has 1 aromatic heterocycles. The molecule has 8 rings (SSSR count). The average Bonchev–Trinajstić information content (AvgIpc) is 3.40. The Morgan fingerprint density at radius 3 is 2.13 bits per heavy atom. The highest BCUT2D eigenvalue weighted by Crippen LogP contribution is 2.28. The highest BCUT2D eigenvalue weighted by atomic mass is 19.1. The number of nitrogens with zero attached hydrogens (tertiary/aromatic N) is 6. The van der Waals surface area contributed by atoms with Gasteiger partial charge in [0, 0.05) is 107 Å². The van der Waals surface area contributed by atoms with Crippen LogP contribution in [-0.4, -0.2) is 170 Å². The Hall–Kier alpha value is -6.40. The van der Waals surface area contributed by atoms with Crippen LogP contribution in [0.3, 0.4) is 0 Å². The molecule has 0 atom stereocenters. The molecule has 4 aromatic rings. The zero-order chi connectivity index (χ0) is 49.9. The Morgan fingerprint density at radius 2 is 1.41 bits per heavy atom. The number of aryl methyl sites for hydroxylation is 1. The largest absolute Gasteiger partial charge is 0.381 e. The van der Waals surface area contributed by atoms with Gasteiger partial charge in [0.05, 0.1) is 24.3 Å². The third kappa shape index (κ3) is 13.3. The lowest BCUT2D eigenvalue weighted by Crippen LogP contribution is -2.53. The minimum absolute atomic E-state index is 0.0130. The van der Waals surface area contributed by atoms with Crippen LogP contribution in [0, 0.1) is 23.1 Å². The summed E-state index contributed by atoms with van der Waals surface area (Å²) in [6, 6.07) is 20.9. The third-order valence-corrected chi connectivity index (χ3v) is 14.4. The number of rotatable bonds is 17. The molecule has 4 aliphatic heterocycles. The number of amides is 5. The monoisotopic (exact) mass is 971 g/mol. The summed E-state index contributed by atoms with van der Waals surface area (Å²) >= 11 is 0. The predicted molar refractivity (Wildman–Crippen MR) is 270 cm³/mol. The molecule has 3 aromatic carbocycles. The minimum atomic E-state index is -0.659. The lowest BCUT2D eigenvalue weighted by molar-refractivity contribution is -0.134. The first-order valence-electron chi connectivity index (χ1n) is 25.2.